The van der Waals surface area contributed by atoms with Gasteiger partial charge in [0.25, 0.3) is 0 Å². The fourth-order valence-electron chi connectivity index (χ4n) is 1.55. The molecule has 1 N–H and O–H groups in total. The van der Waals surface area contributed by atoms with Gasteiger partial charge >= 0.3 is 11.7 Å². The second-order valence-electron chi connectivity index (χ2n) is 4.67. The summed E-state index contributed by atoms with van der Waals surface area (Å²) in [5.74, 6) is -1.58. The second kappa shape index (κ2) is 7.33. The largest absolute Gasteiger partial charge is 0.480 e. The lowest BCUT2D eigenvalue weighted by atomic mass is 10.4. The van der Waals surface area contributed by atoms with Crippen LogP contribution in [0.25, 0.3) is 0 Å². The van der Waals surface area contributed by atoms with E-state index in [2.05, 4.69) is 5.10 Å². The lowest BCUT2D eigenvalue weighted by Gasteiger charge is -2.22. The summed E-state index contributed by atoms with van der Waals surface area (Å²) in [6, 6.07) is 0. The van der Waals surface area contributed by atoms with Crippen LogP contribution in [-0.4, -0.2) is 75.2 Å². The molecule has 0 unspecified atom stereocenters. The van der Waals surface area contributed by atoms with E-state index in [1.54, 1.807) is 14.1 Å². The van der Waals surface area contributed by atoms with Crippen LogP contribution in [0.3, 0.4) is 0 Å². The van der Waals surface area contributed by atoms with Crippen molar-refractivity contribution >= 4 is 17.6 Å². The molecule has 21 heavy (non-hydrogen) atoms. The molecular formula is C11H17N5O5. The molecule has 0 saturated heterocycles. The third-order valence-electron chi connectivity index (χ3n) is 2.62. The van der Waals surface area contributed by atoms with Crippen molar-refractivity contribution in [1.29, 1.82) is 0 Å². The maximum atomic E-state index is 12.1. The molecule has 1 rings (SSSR count). The predicted octanol–water partition coefficient (Wildman–Crippen LogP) is -0.734. The van der Waals surface area contributed by atoms with Crippen molar-refractivity contribution in [3.63, 3.8) is 0 Å². The molecule has 0 aliphatic rings. The van der Waals surface area contributed by atoms with Crippen LogP contribution < -0.4 is 0 Å². The minimum absolute atomic E-state index is 0.221. The number of carboxylic acids is 1. The Morgan fingerprint density at radius 3 is 2.57 bits per heavy atom. The van der Waals surface area contributed by atoms with Crippen molar-refractivity contribution in [3.05, 3.63) is 22.5 Å². The minimum atomic E-state index is -1.12. The molecule has 116 valence electrons. The SMILES string of the molecule is CN(C)CCN(CC(=O)O)C(=O)Cn1cc([N+](=O)[O-])cn1. The van der Waals surface area contributed by atoms with E-state index >= 15 is 0 Å². The van der Waals surface area contributed by atoms with Gasteiger partial charge in [-0.25, -0.2) is 0 Å². The lowest BCUT2D eigenvalue weighted by molar-refractivity contribution is -0.385. The maximum Gasteiger partial charge on any atom is 0.323 e. The van der Waals surface area contributed by atoms with Crippen LogP contribution in [0.2, 0.25) is 0 Å². The van der Waals surface area contributed by atoms with E-state index < -0.39 is 23.3 Å². The summed E-state index contributed by atoms with van der Waals surface area (Å²) in [7, 11) is 3.61. The van der Waals surface area contributed by atoms with Crippen LogP contribution in [0.4, 0.5) is 5.69 Å². The smallest absolute Gasteiger partial charge is 0.323 e. The van der Waals surface area contributed by atoms with Gasteiger partial charge in [-0.1, -0.05) is 0 Å². The molecule has 1 aromatic rings. The van der Waals surface area contributed by atoms with E-state index in [1.165, 1.54) is 4.90 Å². The maximum absolute atomic E-state index is 12.1. The van der Waals surface area contributed by atoms with Gasteiger partial charge in [0, 0.05) is 13.1 Å². The number of rotatable bonds is 8. The number of aromatic nitrogens is 2. The number of likely N-dealkylation sites (N-methyl/N-ethyl adjacent to an activating group) is 1. The highest BCUT2D eigenvalue weighted by Gasteiger charge is 2.19. The Morgan fingerprint density at radius 1 is 1.43 bits per heavy atom. The van der Waals surface area contributed by atoms with E-state index in [4.69, 9.17) is 5.11 Å². The monoisotopic (exact) mass is 299 g/mol. The molecule has 0 fully saturated rings. The Morgan fingerprint density at radius 2 is 2.10 bits per heavy atom. The Balaban J connectivity index is 2.69. The highest BCUT2D eigenvalue weighted by molar-refractivity contribution is 5.81. The van der Waals surface area contributed by atoms with Crippen LogP contribution in [0.5, 0.6) is 0 Å². The number of aliphatic carboxylic acids is 1. The third-order valence-corrected chi connectivity index (χ3v) is 2.62. The first kappa shape index (κ1) is 16.6. The normalized spacial score (nSPS) is 10.6. The molecule has 0 spiro atoms. The van der Waals surface area contributed by atoms with Gasteiger partial charge < -0.3 is 14.9 Å². The summed E-state index contributed by atoms with van der Waals surface area (Å²) < 4.78 is 1.12. The van der Waals surface area contributed by atoms with Gasteiger partial charge in [-0.15, -0.1) is 0 Å². The molecule has 0 atom stereocenters. The minimum Gasteiger partial charge on any atom is -0.480 e. The number of amides is 1. The summed E-state index contributed by atoms with van der Waals surface area (Å²) in [5.41, 5.74) is -0.221. The second-order valence-corrected chi connectivity index (χ2v) is 4.67. The van der Waals surface area contributed by atoms with Crippen molar-refractivity contribution < 1.29 is 19.6 Å². The molecule has 0 radical (unpaired) electrons. The number of hydrogen-bond donors (Lipinski definition) is 1. The number of carbonyl (C=O) groups is 2. The summed E-state index contributed by atoms with van der Waals surface area (Å²) in [5, 5.41) is 23.1. The number of hydrogen-bond acceptors (Lipinski definition) is 6. The van der Waals surface area contributed by atoms with Crippen molar-refractivity contribution in [3.8, 4) is 0 Å². The van der Waals surface area contributed by atoms with Crippen LogP contribution >= 0.6 is 0 Å². The average Bonchev–Trinajstić information content (AvgIpc) is 2.82. The molecule has 0 aliphatic heterocycles. The van der Waals surface area contributed by atoms with Gasteiger partial charge in [0.15, 0.2) is 0 Å². The summed E-state index contributed by atoms with van der Waals surface area (Å²) >= 11 is 0. The molecular weight excluding hydrogens is 282 g/mol. The number of carbonyl (C=O) groups excluding carboxylic acids is 1. The zero-order chi connectivity index (χ0) is 16.0. The Labute approximate surface area is 120 Å². The van der Waals surface area contributed by atoms with Gasteiger partial charge in [0.1, 0.15) is 25.5 Å². The molecule has 0 bridgehead atoms. The predicted molar refractivity (Wildman–Crippen MR) is 71.7 cm³/mol. The fourth-order valence-corrected chi connectivity index (χ4v) is 1.55. The molecule has 1 aromatic heterocycles. The van der Waals surface area contributed by atoms with Crippen LogP contribution in [0, 0.1) is 10.1 Å². The molecule has 1 amide bonds. The quantitative estimate of drug-likeness (QED) is 0.496. The van der Waals surface area contributed by atoms with Gasteiger partial charge in [-0.05, 0) is 14.1 Å². The fraction of sp³-hybridized carbons (Fsp3) is 0.545. The zero-order valence-corrected chi connectivity index (χ0v) is 11.8. The summed E-state index contributed by atoms with van der Waals surface area (Å²) in [6.07, 6.45) is 2.16. The molecule has 0 saturated carbocycles. The van der Waals surface area contributed by atoms with E-state index in [0.29, 0.717) is 6.54 Å². The lowest BCUT2D eigenvalue weighted by Crippen LogP contribution is -2.41. The van der Waals surface area contributed by atoms with Gasteiger partial charge in [-0.2, -0.15) is 5.10 Å². The van der Waals surface area contributed by atoms with E-state index in [0.717, 1.165) is 17.1 Å². The van der Waals surface area contributed by atoms with Crippen molar-refractivity contribution in [2.24, 2.45) is 0 Å². The van der Waals surface area contributed by atoms with Crippen LogP contribution in [0.15, 0.2) is 12.4 Å². The Hall–Kier alpha value is -2.49. The standard InChI is InChI=1S/C11H17N5O5/c1-13(2)3-4-14(8-11(18)19)10(17)7-15-6-9(5-12-15)16(20)21/h5-6H,3-4,7-8H2,1-2H3,(H,18,19). The highest BCUT2D eigenvalue weighted by atomic mass is 16.6. The van der Waals surface area contributed by atoms with E-state index in [9.17, 15) is 19.7 Å². The molecule has 1 heterocycles. The molecule has 0 aromatic carbocycles. The first-order valence-corrected chi connectivity index (χ1v) is 6.10. The van der Waals surface area contributed by atoms with Crippen LogP contribution in [-0.2, 0) is 16.1 Å². The third kappa shape index (κ3) is 5.57. The van der Waals surface area contributed by atoms with Crippen LogP contribution in [0.1, 0.15) is 0 Å². The van der Waals surface area contributed by atoms with Crippen molar-refractivity contribution in [2.75, 3.05) is 33.7 Å². The van der Waals surface area contributed by atoms with E-state index in [1.807, 2.05) is 4.90 Å². The number of nitrogens with zero attached hydrogens (tertiary/aromatic N) is 5. The number of carboxylic acid groups (broad SMARTS) is 1. The molecule has 10 heteroatoms. The topological polar surface area (TPSA) is 122 Å². The Bertz CT molecular complexity index is 527. The van der Waals surface area contributed by atoms with Gasteiger partial charge in [0.2, 0.25) is 5.91 Å². The molecule has 0 aliphatic carbocycles. The average molecular weight is 299 g/mol. The Kier molecular flexibility index (Phi) is 5.79. The summed E-state index contributed by atoms with van der Waals surface area (Å²) in [6.45, 7) is 0.102. The summed E-state index contributed by atoms with van der Waals surface area (Å²) in [4.78, 5) is 35.7. The van der Waals surface area contributed by atoms with Crippen molar-refractivity contribution in [2.45, 2.75) is 6.54 Å². The van der Waals surface area contributed by atoms with Gasteiger partial charge in [-0.3, -0.25) is 24.4 Å². The van der Waals surface area contributed by atoms with Crippen molar-refractivity contribution in [1.82, 2.24) is 19.6 Å². The first-order chi connectivity index (χ1) is 9.79. The first-order valence-electron chi connectivity index (χ1n) is 6.10. The zero-order valence-electron chi connectivity index (χ0n) is 11.8. The molecule has 10 nitrogen and oxygen atoms in total. The number of nitro groups is 1. The van der Waals surface area contributed by atoms with E-state index in [-0.39, 0.29) is 18.8 Å². The van der Waals surface area contributed by atoms with Gasteiger partial charge in [0.05, 0.1) is 4.92 Å². The highest BCUT2D eigenvalue weighted by Crippen LogP contribution is 2.08.